The van der Waals surface area contributed by atoms with Gasteiger partial charge in [-0.05, 0) is 43.6 Å². The van der Waals surface area contributed by atoms with E-state index >= 15 is 0 Å². The standard InChI is InChI=1S/C19H26O4/c1-5-12(2)8-13(3)6-7-15-9-14-10-17(20)19(4,22)18(21)16(14)11-23-15/h6-10,12,16,18,21-22H,5,11H2,1-4H3/b7-6+,13-8+/t12-,16?,18-,19+/m0/s1. The third-order valence-electron chi connectivity index (χ3n) is 4.62. The van der Waals surface area contributed by atoms with Crippen molar-refractivity contribution in [3.05, 3.63) is 47.3 Å². The minimum Gasteiger partial charge on any atom is -0.493 e. The van der Waals surface area contributed by atoms with Crippen LogP contribution in [0.5, 0.6) is 0 Å². The first-order valence-electron chi connectivity index (χ1n) is 8.13. The minimum atomic E-state index is -1.74. The van der Waals surface area contributed by atoms with Crippen LogP contribution in [0.15, 0.2) is 47.3 Å². The number of carbonyl (C=O) groups is 1. The van der Waals surface area contributed by atoms with Crippen LogP contribution in [-0.2, 0) is 9.53 Å². The Balaban J connectivity index is 2.18. The SMILES string of the molecule is CC[C@H](C)/C=C(C)/C=C/C1=CC2=CC(=O)[C@@](C)(O)[C@@H](O)C2CO1. The van der Waals surface area contributed by atoms with Crippen LogP contribution in [0.2, 0.25) is 0 Å². The van der Waals surface area contributed by atoms with E-state index < -0.39 is 17.5 Å². The van der Waals surface area contributed by atoms with Gasteiger partial charge in [-0.15, -0.1) is 0 Å². The lowest BCUT2D eigenvalue weighted by Gasteiger charge is -2.39. The fraction of sp³-hybridized carbons (Fsp3) is 0.526. The van der Waals surface area contributed by atoms with Crippen LogP contribution in [0.1, 0.15) is 34.1 Å². The Hall–Kier alpha value is -1.65. The van der Waals surface area contributed by atoms with Crippen molar-refractivity contribution < 1.29 is 19.7 Å². The summed E-state index contributed by atoms with van der Waals surface area (Å²) in [6.45, 7) is 7.96. The quantitative estimate of drug-likeness (QED) is 0.782. The number of hydrogen-bond acceptors (Lipinski definition) is 4. The van der Waals surface area contributed by atoms with Gasteiger partial charge < -0.3 is 14.9 Å². The summed E-state index contributed by atoms with van der Waals surface area (Å²) >= 11 is 0. The summed E-state index contributed by atoms with van der Waals surface area (Å²) in [6.07, 6.45) is 9.17. The first-order valence-corrected chi connectivity index (χ1v) is 8.13. The van der Waals surface area contributed by atoms with Gasteiger partial charge in [-0.3, -0.25) is 4.79 Å². The van der Waals surface area contributed by atoms with Crippen molar-refractivity contribution in [3.63, 3.8) is 0 Å². The van der Waals surface area contributed by atoms with Gasteiger partial charge in [-0.25, -0.2) is 0 Å². The van der Waals surface area contributed by atoms with E-state index in [1.54, 1.807) is 6.08 Å². The lowest BCUT2D eigenvalue weighted by Crippen LogP contribution is -2.54. The average Bonchev–Trinajstić information content (AvgIpc) is 2.51. The van der Waals surface area contributed by atoms with Gasteiger partial charge in [0.25, 0.3) is 0 Å². The summed E-state index contributed by atoms with van der Waals surface area (Å²) in [5, 5.41) is 20.2. The van der Waals surface area contributed by atoms with E-state index in [1.165, 1.54) is 13.0 Å². The highest BCUT2D eigenvalue weighted by Gasteiger charge is 2.47. The number of carbonyl (C=O) groups excluding carboxylic acids is 1. The van der Waals surface area contributed by atoms with Crippen LogP contribution in [-0.4, -0.2) is 34.3 Å². The summed E-state index contributed by atoms with van der Waals surface area (Å²) in [7, 11) is 0. The van der Waals surface area contributed by atoms with Gasteiger partial charge >= 0.3 is 0 Å². The van der Waals surface area contributed by atoms with E-state index in [9.17, 15) is 15.0 Å². The Kier molecular flexibility index (Phi) is 5.27. The van der Waals surface area contributed by atoms with Crippen LogP contribution in [0.25, 0.3) is 0 Å². The van der Waals surface area contributed by atoms with Gasteiger partial charge in [-0.1, -0.05) is 38.0 Å². The number of hydrogen-bond donors (Lipinski definition) is 2. The Bertz CT molecular complexity index is 592. The molecule has 4 heteroatoms. The fourth-order valence-electron chi connectivity index (χ4n) is 2.78. The van der Waals surface area contributed by atoms with Gasteiger partial charge in [-0.2, -0.15) is 0 Å². The van der Waals surface area contributed by atoms with E-state index in [-0.39, 0.29) is 12.5 Å². The van der Waals surface area contributed by atoms with E-state index in [4.69, 9.17) is 4.74 Å². The monoisotopic (exact) mass is 318 g/mol. The summed E-state index contributed by atoms with van der Waals surface area (Å²) in [5.74, 6) is 0.342. The molecule has 0 radical (unpaired) electrons. The van der Waals surface area contributed by atoms with Crippen molar-refractivity contribution in [2.45, 2.75) is 45.8 Å². The van der Waals surface area contributed by atoms with E-state index in [0.717, 1.165) is 12.0 Å². The molecule has 0 aromatic carbocycles. The zero-order chi connectivity index (χ0) is 17.2. The lowest BCUT2D eigenvalue weighted by atomic mass is 9.75. The molecule has 0 aromatic heterocycles. The normalized spacial score (nSPS) is 33.0. The van der Waals surface area contributed by atoms with Gasteiger partial charge in [0, 0.05) is 5.92 Å². The molecular weight excluding hydrogens is 292 g/mol. The summed E-state index contributed by atoms with van der Waals surface area (Å²) in [5.41, 5.74) is 0.125. The van der Waals surface area contributed by atoms with Crippen molar-refractivity contribution >= 4 is 5.78 Å². The Morgan fingerprint density at radius 2 is 2.22 bits per heavy atom. The van der Waals surface area contributed by atoms with Crippen LogP contribution >= 0.6 is 0 Å². The Morgan fingerprint density at radius 1 is 1.52 bits per heavy atom. The number of ketones is 1. The molecule has 4 atom stereocenters. The Labute approximate surface area is 137 Å². The van der Waals surface area contributed by atoms with Gasteiger partial charge in [0.2, 0.25) is 0 Å². The van der Waals surface area contributed by atoms with Crippen LogP contribution < -0.4 is 0 Å². The summed E-state index contributed by atoms with van der Waals surface area (Å²) in [6, 6.07) is 0. The highest BCUT2D eigenvalue weighted by molar-refractivity contribution is 5.99. The molecular formula is C19H26O4. The zero-order valence-corrected chi connectivity index (χ0v) is 14.2. The van der Waals surface area contributed by atoms with E-state index in [1.807, 2.05) is 19.1 Å². The number of rotatable bonds is 4. The molecule has 2 rings (SSSR count). The molecule has 23 heavy (non-hydrogen) atoms. The maximum absolute atomic E-state index is 11.9. The number of ether oxygens (including phenoxy) is 1. The summed E-state index contributed by atoms with van der Waals surface area (Å²) < 4.78 is 5.65. The number of fused-ring (bicyclic) bond motifs is 1. The van der Waals surface area contributed by atoms with E-state index in [0.29, 0.717) is 17.3 Å². The molecule has 0 saturated carbocycles. The predicted octanol–water partition coefficient (Wildman–Crippen LogP) is 2.69. The fourth-order valence-corrected chi connectivity index (χ4v) is 2.78. The van der Waals surface area contributed by atoms with Gasteiger partial charge in [0.1, 0.15) is 5.76 Å². The molecule has 0 aromatic rings. The molecule has 1 unspecified atom stereocenters. The second-order valence-electron chi connectivity index (χ2n) is 6.69. The topological polar surface area (TPSA) is 66.8 Å². The number of aliphatic hydroxyl groups excluding tert-OH is 1. The molecule has 2 aliphatic rings. The second-order valence-corrected chi connectivity index (χ2v) is 6.69. The third kappa shape index (κ3) is 3.82. The highest BCUT2D eigenvalue weighted by Crippen LogP contribution is 2.35. The predicted molar refractivity (Wildman–Crippen MR) is 89.6 cm³/mol. The number of aliphatic hydroxyl groups is 2. The van der Waals surface area contributed by atoms with Crippen molar-refractivity contribution in [3.8, 4) is 0 Å². The molecule has 126 valence electrons. The zero-order valence-electron chi connectivity index (χ0n) is 14.2. The molecule has 0 spiro atoms. The van der Waals surface area contributed by atoms with Crippen LogP contribution in [0.4, 0.5) is 0 Å². The second kappa shape index (κ2) is 6.85. The Morgan fingerprint density at radius 3 is 2.87 bits per heavy atom. The van der Waals surface area contributed by atoms with Crippen molar-refractivity contribution in [1.29, 1.82) is 0 Å². The average molecular weight is 318 g/mol. The highest BCUT2D eigenvalue weighted by atomic mass is 16.5. The molecule has 4 nitrogen and oxygen atoms in total. The molecule has 0 amide bonds. The van der Waals surface area contributed by atoms with Crippen LogP contribution in [0.3, 0.4) is 0 Å². The molecule has 1 aliphatic heterocycles. The molecule has 0 saturated heterocycles. The van der Waals surface area contributed by atoms with Crippen molar-refractivity contribution in [2.24, 2.45) is 11.8 Å². The third-order valence-corrected chi connectivity index (χ3v) is 4.62. The summed E-state index contributed by atoms with van der Waals surface area (Å²) in [4.78, 5) is 11.9. The first-order chi connectivity index (χ1) is 10.8. The molecule has 1 aliphatic carbocycles. The smallest absolute Gasteiger partial charge is 0.189 e. The minimum absolute atomic E-state index is 0.251. The molecule has 1 heterocycles. The first kappa shape index (κ1) is 17.7. The van der Waals surface area contributed by atoms with Gasteiger partial charge in [0.15, 0.2) is 11.4 Å². The molecule has 0 bridgehead atoms. The van der Waals surface area contributed by atoms with E-state index in [2.05, 4.69) is 19.9 Å². The lowest BCUT2D eigenvalue weighted by molar-refractivity contribution is -0.150. The number of allylic oxidation sites excluding steroid dienone is 5. The van der Waals surface area contributed by atoms with Crippen molar-refractivity contribution in [2.75, 3.05) is 6.61 Å². The van der Waals surface area contributed by atoms with Gasteiger partial charge in [0.05, 0.1) is 12.7 Å². The maximum Gasteiger partial charge on any atom is 0.189 e. The van der Waals surface area contributed by atoms with Crippen molar-refractivity contribution in [1.82, 2.24) is 0 Å². The molecule has 2 N–H and O–H groups in total. The largest absolute Gasteiger partial charge is 0.493 e. The maximum atomic E-state index is 11.9. The molecule has 0 fully saturated rings. The van der Waals surface area contributed by atoms with Crippen LogP contribution in [0, 0.1) is 11.8 Å².